The van der Waals surface area contributed by atoms with Gasteiger partial charge in [-0.3, -0.25) is 4.79 Å². The summed E-state index contributed by atoms with van der Waals surface area (Å²) in [5.74, 6) is -0.0345. The second-order valence-electron chi connectivity index (χ2n) is 4.21. The topological polar surface area (TPSA) is 58.6 Å². The molecule has 0 aromatic heterocycles. The highest BCUT2D eigenvalue weighted by Crippen LogP contribution is 2.12. The number of carbonyl (C=O) groups is 1. The lowest BCUT2D eigenvalue weighted by Gasteiger charge is -2.10. The van der Waals surface area contributed by atoms with E-state index in [1.165, 1.54) is 0 Å². The average Bonchev–Trinajstić information content (AvgIpc) is 2.33. The maximum Gasteiger partial charge on any atom is 0.251 e. The normalized spacial score (nSPS) is 10.4. The molecule has 0 heterocycles. The first kappa shape index (κ1) is 14.7. The van der Waals surface area contributed by atoms with E-state index in [1.54, 1.807) is 0 Å². The zero-order chi connectivity index (χ0) is 13.4. The fourth-order valence-corrected chi connectivity index (χ4v) is 1.80. The van der Waals surface area contributed by atoms with Crippen LogP contribution >= 0.6 is 0 Å². The molecule has 0 spiro atoms. The van der Waals surface area contributed by atoms with Gasteiger partial charge in [-0.05, 0) is 31.4 Å². The molecule has 0 aliphatic carbocycles. The maximum atomic E-state index is 12.0. The summed E-state index contributed by atoms with van der Waals surface area (Å²) in [4.78, 5) is 12.0. The average molecular weight is 251 g/mol. The minimum atomic E-state index is -0.0345. The molecule has 4 nitrogen and oxygen atoms in total. The molecule has 1 rings (SSSR count). The van der Waals surface area contributed by atoms with Gasteiger partial charge in [0.2, 0.25) is 0 Å². The van der Waals surface area contributed by atoms with Crippen LogP contribution in [0.1, 0.15) is 27.9 Å². The Morgan fingerprint density at radius 3 is 2.56 bits per heavy atom. The van der Waals surface area contributed by atoms with Crippen molar-refractivity contribution in [3.63, 3.8) is 0 Å². The molecule has 0 aliphatic heterocycles. The van der Waals surface area contributed by atoms with E-state index in [-0.39, 0.29) is 12.5 Å². The predicted octanol–water partition coefficient (Wildman–Crippen LogP) is 1.43. The lowest BCUT2D eigenvalue weighted by atomic mass is 10.0. The summed E-state index contributed by atoms with van der Waals surface area (Å²) in [5, 5.41) is 11.4. The van der Waals surface area contributed by atoms with Crippen molar-refractivity contribution in [2.24, 2.45) is 0 Å². The van der Waals surface area contributed by atoms with Gasteiger partial charge < -0.3 is 15.2 Å². The third-order valence-electron chi connectivity index (χ3n) is 2.69. The summed E-state index contributed by atoms with van der Waals surface area (Å²) >= 11 is 0. The van der Waals surface area contributed by atoms with Crippen molar-refractivity contribution < 1.29 is 14.6 Å². The first-order chi connectivity index (χ1) is 8.66. The van der Waals surface area contributed by atoms with E-state index in [0.717, 1.165) is 23.1 Å². The molecule has 0 aliphatic rings. The Balaban J connectivity index is 2.37. The first-order valence-electron chi connectivity index (χ1n) is 6.20. The van der Waals surface area contributed by atoms with E-state index in [0.29, 0.717) is 19.8 Å². The smallest absolute Gasteiger partial charge is 0.251 e. The second-order valence-corrected chi connectivity index (χ2v) is 4.21. The van der Waals surface area contributed by atoms with Gasteiger partial charge in [0.1, 0.15) is 0 Å². The minimum absolute atomic E-state index is 0.0345. The number of aryl methyl sites for hydroxylation is 2. The summed E-state index contributed by atoms with van der Waals surface area (Å²) < 4.78 is 5.12. The number of hydrogen-bond donors (Lipinski definition) is 2. The van der Waals surface area contributed by atoms with Crippen LogP contribution in [0.4, 0.5) is 0 Å². The molecule has 0 saturated carbocycles. The van der Waals surface area contributed by atoms with Crippen molar-refractivity contribution >= 4 is 5.91 Å². The molecule has 100 valence electrons. The molecule has 1 amide bonds. The molecule has 0 fully saturated rings. The van der Waals surface area contributed by atoms with Crippen LogP contribution in [0.5, 0.6) is 0 Å². The number of aliphatic hydroxyl groups excluding tert-OH is 1. The number of ether oxygens (including phenoxy) is 1. The zero-order valence-corrected chi connectivity index (χ0v) is 11.0. The standard InChI is InChI=1S/C14H21NO3/c1-11-5-3-6-12(2)13(11)14(17)15-7-4-9-18-10-8-16/h3,5-6,16H,4,7-10H2,1-2H3,(H,15,17). The van der Waals surface area contributed by atoms with E-state index < -0.39 is 0 Å². The summed E-state index contributed by atoms with van der Waals surface area (Å²) in [5.41, 5.74) is 2.74. The van der Waals surface area contributed by atoms with E-state index in [9.17, 15) is 4.79 Å². The van der Waals surface area contributed by atoms with E-state index in [1.807, 2.05) is 32.0 Å². The quantitative estimate of drug-likeness (QED) is 0.721. The Hall–Kier alpha value is -1.39. The van der Waals surface area contributed by atoms with Crippen LogP contribution in [0.25, 0.3) is 0 Å². The SMILES string of the molecule is Cc1cccc(C)c1C(=O)NCCCOCCO. The molecule has 0 atom stereocenters. The predicted molar refractivity (Wildman–Crippen MR) is 70.8 cm³/mol. The molecule has 0 saturated heterocycles. The van der Waals surface area contributed by atoms with E-state index in [4.69, 9.17) is 9.84 Å². The second kappa shape index (κ2) is 7.84. The highest BCUT2D eigenvalue weighted by molar-refractivity contribution is 5.96. The fourth-order valence-electron chi connectivity index (χ4n) is 1.80. The van der Waals surface area contributed by atoms with Crippen molar-refractivity contribution in [3.8, 4) is 0 Å². The summed E-state index contributed by atoms with van der Waals surface area (Å²) in [6.07, 6.45) is 0.747. The Labute approximate surface area is 108 Å². The molecular formula is C14H21NO3. The number of amides is 1. The lowest BCUT2D eigenvalue weighted by Crippen LogP contribution is -2.26. The van der Waals surface area contributed by atoms with Crippen molar-refractivity contribution in [2.75, 3.05) is 26.4 Å². The number of aliphatic hydroxyl groups is 1. The van der Waals surface area contributed by atoms with Gasteiger partial charge >= 0.3 is 0 Å². The summed E-state index contributed by atoms with van der Waals surface area (Å²) in [7, 11) is 0. The number of benzene rings is 1. The largest absolute Gasteiger partial charge is 0.394 e. The zero-order valence-electron chi connectivity index (χ0n) is 11.0. The Kier molecular flexibility index (Phi) is 6.39. The Morgan fingerprint density at radius 2 is 1.94 bits per heavy atom. The molecular weight excluding hydrogens is 230 g/mol. The van der Waals surface area contributed by atoms with Crippen molar-refractivity contribution in [3.05, 3.63) is 34.9 Å². The Morgan fingerprint density at radius 1 is 1.28 bits per heavy atom. The van der Waals surface area contributed by atoms with Gasteiger partial charge in [0.25, 0.3) is 5.91 Å². The molecule has 0 unspecified atom stereocenters. The maximum absolute atomic E-state index is 12.0. The number of nitrogens with one attached hydrogen (secondary N) is 1. The highest BCUT2D eigenvalue weighted by atomic mass is 16.5. The van der Waals surface area contributed by atoms with Gasteiger partial charge in [-0.25, -0.2) is 0 Å². The molecule has 0 radical (unpaired) electrons. The molecule has 1 aromatic carbocycles. The number of carbonyl (C=O) groups excluding carboxylic acids is 1. The van der Waals surface area contributed by atoms with Gasteiger partial charge in [0.05, 0.1) is 13.2 Å². The van der Waals surface area contributed by atoms with Crippen LogP contribution < -0.4 is 5.32 Å². The van der Waals surface area contributed by atoms with Crippen LogP contribution in [0.2, 0.25) is 0 Å². The number of rotatable bonds is 7. The van der Waals surface area contributed by atoms with Crippen molar-refractivity contribution in [1.29, 1.82) is 0 Å². The third-order valence-corrected chi connectivity index (χ3v) is 2.69. The van der Waals surface area contributed by atoms with Gasteiger partial charge in [-0.1, -0.05) is 18.2 Å². The van der Waals surface area contributed by atoms with Crippen LogP contribution in [-0.4, -0.2) is 37.4 Å². The monoisotopic (exact) mass is 251 g/mol. The summed E-state index contributed by atoms with van der Waals surface area (Å²) in [6, 6.07) is 5.82. The van der Waals surface area contributed by atoms with Crippen molar-refractivity contribution in [1.82, 2.24) is 5.32 Å². The summed E-state index contributed by atoms with van der Waals surface area (Å²) in [6.45, 7) is 5.39. The van der Waals surface area contributed by atoms with Crippen LogP contribution in [-0.2, 0) is 4.74 Å². The lowest BCUT2D eigenvalue weighted by molar-refractivity contribution is 0.0867. The van der Waals surface area contributed by atoms with Gasteiger partial charge in [0, 0.05) is 18.7 Å². The van der Waals surface area contributed by atoms with Gasteiger partial charge in [0.15, 0.2) is 0 Å². The van der Waals surface area contributed by atoms with Gasteiger partial charge in [-0.2, -0.15) is 0 Å². The van der Waals surface area contributed by atoms with Gasteiger partial charge in [-0.15, -0.1) is 0 Å². The van der Waals surface area contributed by atoms with E-state index in [2.05, 4.69) is 5.32 Å². The molecule has 18 heavy (non-hydrogen) atoms. The first-order valence-corrected chi connectivity index (χ1v) is 6.20. The van der Waals surface area contributed by atoms with Crippen LogP contribution in [0, 0.1) is 13.8 Å². The molecule has 2 N–H and O–H groups in total. The third kappa shape index (κ3) is 4.47. The number of hydrogen-bond acceptors (Lipinski definition) is 3. The fraction of sp³-hybridized carbons (Fsp3) is 0.500. The Bertz CT molecular complexity index is 370. The van der Waals surface area contributed by atoms with E-state index >= 15 is 0 Å². The molecule has 0 bridgehead atoms. The van der Waals surface area contributed by atoms with Crippen molar-refractivity contribution in [2.45, 2.75) is 20.3 Å². The van der Waals surface area contributed by atoms with Crippen LogP contribution in [0.3, 0.4) is 0 Å². The minimum Gasteiger partial charge on any atom is -0.394 e. The molecule has 1 aromatic rings. The molecule has 4 heteroatoms. The highest BCUT2D eigenvalue weighted by Gasteiger charge is 2.10. The van der Waals surface area contributed by atoms with Crippen LogP contribution in [0.15, 0.2) is 18.2 Å².